The summed E-state index contributed by atoms with van der Waals surface area (Å²) in [6.07, 6.45) is 2.33. The van der Waals surface area contributed by atoms with E-state index in [0.717, 1.165) is 5.75 Å². The number of ether oxygens (including phenoxy) is 1. The quantitative estimate of drug-likeness (QED) is 0.703. The molecule has 0 fully saturated rings. The maximum absolute atomic E-state index is 5.97. The molecule has 106 valence electrons. The van der Waals surface area contributed by atoms with Gasteiger partial charge in [-0.3, -0.25) is 0 Å². The molecule has 1 unspecified atom stereocenters. The topological polar surface area (TPSA) is 12.5 Å². The molecule has 0 radical (unpaired) electrons. The number of benzene rings is 2. The van der Waals surface area contributed by atoms with Gasteiger partial charge < -0.3 is 9.64 Å². The van der Waals surface area contributed by atoms with E-state index in [1.165, 1.54) is 33.5 Å². The predicted octanol–water partition coefficient (Wildman–Crippen LogP) is 4.49. The molecule has 0 bridgehead atoms. The van der Waals surface area contributed by atoms with E-state index < -0.39 is 0 Å². The van der Waals surface area contributed by atoms with Gasteiger partial charge in [-0.05, 0) is 31.5 Å². The molecule has 0 aromatic heterocycles. The van der Waals surface area contributed by atoms with Gasteiger partial charge in [0.2, 0.25) is 0 Å². The minimum Gasteiger partial charge on any atom is -0.488 e. The summed E-state index contributed by atoms with van der Waals surface area (Å²) in [5, 5.41) is 0. The molecular formula is C19H19NO. The van der Waals surface area contributed by atoms with Gasteiger partial charge in [0.15, 0.2) is 0 Å². The van der Waals surface area contributed by atoms with Crippen molar-refractivity contribution in [3.63, 3.8) is 0 Å². The molecule has 0 spiro atoms. The van der Waals surface area contributed by atoms with Crippen LogP contribution in [0.15, 0.2) is 42.0 Å². The van der Waals surface area contributed by atoms with Gasteiger partial charge >= 0.3 is 0 Å². The lowest BCUT2D eigenvalue weighted by Gasteiger charge is -2.35. The molecule has 2 nitrogen and oxygen atoms in total. The summed E-state index contributed by atoms with van der Waals surface area (Å²) in [6.45, 7) is 5.11. The van der Waals surface area contributed by atoms with Crippen LogP contribution in [0.2, 0.25) is 0 Å². The SMILES string of the molecule is CC1=Cc2c(ccc3c2COc2ccccc2-3)N(C)C1C. The molecule has 0 N–H and O–H groups in total. The Bertz CT molecular complexity index is 760. The van der Waals surface area contributed by atoms with Crippen LogP contribution in [0.4, 0.5) is 5.69 Å². The Hall–Kier alpha value is -2.22. The smallest absolute Gasteiger partial charge is 0.127 e. The molecule has 2 heterocycles. The van der Waals surface area contributed by atoms with E-state index >= 15 is 0 Å². The van der Waals surface area contributed by atoms with E-state index in [0.29, 0.717) is 12.6 Å². The Labute approximate surface area is 125 Å². The highest BCUT2D eigenvalue weighted by Crippen LogP contribution is 2.43. The summed E-state index contributed by atoms with van der Waals surface area (Å²) in [5.74, 6) is 0.989. The lowest BCUT2D eigenvalue weighted by atomic mass is 9.88. The molecule has 0 aliphatic carbocycles. The third-order valence-corrected chi connectivity index (χ3v) is 4.88. The van der Waals surface area contributed by atoms with E-state index in [2.05, 4.69) is 56.1 Å². The molecular weight excluding hydrogens is 258 g/mol. The van der Waals surface area contributed by atoms with Gasteiger partial charge in [-0.2, -0.15) is 0 Å². The first-order chi connectivity index (χ1) is 10.2. The highest BCUT2D eigenvalue weighted by atomic mass is 16.5. The lowest BCUT2D eigenvalue weighted by Crippen LogP contribution is -2.33. The lowest BCUT2D eigenvalue weighted by molar-refractivity contribution is 0.302. The van der Waals surface area contributed by atoms with Gasteiger partial charge in [0.05, 0.1) is 0 Å². The second-order valence-electron chi connectivity index (χ2n) is 5.98. The second kappa shape index (κ2) is 4.39. The number of rotatable bonds is 0. The van der Waals surface area contributed by atoms with Gasteiger partial charge in [-0.1, -0.05) is 35.9 Å². The summed E-state index contributed by atoms with van der Waals surface area (Å²) in [4.78, 5) is 2.35. The van der Waals surface area contributed by atoms with E-state index in [9.17, 15) is 0 Å². The second-order valence-corrected chi connectivity index (χ2v) is 5.98. The number of fused-ring (bicyclic) bond motifs is 5. The number of hydrogen-bond donors (Lipinski definition) is 0. The Balaban J connectivity index is 1.97. The van der Waals surface area contributed by atoms with Gasteiger partial charge in [0.1, 0.15) is 12.4 Å². The first-order valence-corrected chi connectivity index (χ1v) is 7.46. The summed E-state index contributed by atoms with van der Waals surface area (Å²) in [5.41, 5.74) is 7.84. The van der Waals surface area contributed by atoms with Crippen LogP contribution in [0.5, 0.6) is 5.75 Å². The van der Waals surface area contributed by atoms with Crippen molar-refractivity contribution in [2.75, 3.05) is 11.9 Å². The molecule has 2 aliphatic heterocycles. The van der Waals surface area contributed by atoms with Crippen LogP contribution >= 0.6 is 0 Å². The summed E-state index contributed by atoms with van der Waals surface area (Å²) in [7, 11) is 2.17. The zero-order valence-electron chi connectivity index (χ0n) is 12.7. The first-order valence-electron chi connectivity index (χ1n) is 7.46. The summed E-state index contributed by atoms with van der Waals surface area (Å²) >= 11 is 0. The first kappa shape index (κ1) is 12.5. The monoisotopic (exact) mass is 277 g/mol. The van der Waals surface area contributed by atoms with E-state index in [1.54, 1.807) is 0 Å². The molecule has 0 amide bonds. The van der Waals surface area contributed by atoms with E-state index in [4.69, 9.17) is 4.74 Å². The fraction of sp³-hybridized carbons (Fsp3) is 0.263. The molecule has 0 saturated heterocycles. The van der Waals surface area contributed by atoms with Crippen molar-refractivity contribution in [1.82, 2.24) is 0 Å². The maximum atomic E-state index is 5.97. The normalized spacial score (nSPS) is 19.1. The van der Waals surface area contributed by atoms with Crippen molar-refractivity contribution in [2.45, 2.75) is 26.5 Å². The fourth-order valence-corrected chi connectivity index (χ4v) is 3.36. The molecule has 2 aromatic rings. The summed E-state index contributed by atoms with van der Waals surface area (Å²) < 4.78 is 5.97. The van der Waals surface area contributed by atoms with Crippen molar-refractivity contribution in [3.8, 4) is 16.9 Å². The number of para-hydroxylation sites is 1. The number of anilines is 1. The van der Waals surface area contributed by atoms with Gasteiger partial charge in [-0.25, -0.2) is 0 Å². The minimum atomic E-state index is 0.451. The van der Waals surface area contributed by atoms with Crippen LogP contribution in [0.1, 0.15) is 25.0 Å². The minimum absolute atomic E-state index is 0.451. The van der Waals surface area contributed by atoms with Crippen LogP contribution in [0.25, 0.3) is 17.2 Å². The van der Waals surface area contributed by atoms with Crippen LogP contribution in [-0.4, -0.2) is 13.1 Å². The average Bonchev–Trinajstić information content (AvgIpc) is 2.52. The number of nitrogens with zero attached hydrogens (tertiary/aromatic N) is 1. The molecule has 2 aliphatic rings. The molecule has 1 atom stereocenters. The van der Waals surface area contributed by atoms with E-state index in [1.807, 2.05) is 12.1 Å². The summed E-state index contributed by atoms with van der Waals surface area (Å²) in [6, 6.07) is 13.2. The van der Waals surface area contributed by atoms with Crippen molar-refractivity contribution in [2.24, 2.45) is 0 Å². The zero-order valence-corrected chi connectivity index (χ0v) is 12.7. The number of hydrogen-bond acceptors (Lipinski definition) is 2. The fourth-order valence-electron chi connectivity index (χ4n) is 3.36. The number of likely N-dealkylation sites (N-methyl/N-ethyl adjacent to an activating group) is 1. The predicted molar refractivity (Wildman–Crippen MR) is 87.7 cm³/mol. The van der Waals surface area contributed by atoms with Crippen molar-refractivity contribution in [3.05, 3.63) is 53.1 Å². The molecule has 21 heavy (non-hydrogen) atoms. The maximum Gasteiger partial charge on any atom is 0.127 e. The largest absolute Gasteiger partial charge is 0.488 e. The van der Waals surface area contributed by atoms with Gasteiger partial charge in [-0.15, -0.1) is 0 Å². The van der Waals surface area contributed by atoms with E-state index in [-0.39, 0.29) is 0 Å². The molecule has 0 saturated carbocycles. The Kier molecular flexibility index (Phi) is 2.61. The molecule has 4 rings (SSSR count). The highest BCUT2D eigenvalue weighted by molar-refractivity contribution is 5.85. The standard InChI is InChI=1S/C19H19NO/c1-12-10-16-17-11-21-19-7-5-4-6-15(19)14(17)8-9-18(16)20(3)13(12)2/h4-10,13H,11H2,1-3H3. The Morgan fingerprint density at radius 2 is 1.90 bits per heavy atom. The van der Waals surface area contributed by atoms with Gasteiger partial charge in [0.25, 0.3) is 0 Å². The Morgan fingerprint density at radius 3 is 2.76 bits per heavy atom. The molecule has 2 aromatic carbocycles. The third kappa shape index (κ3) is 1.72. The Morgan fingerprint density at radius 1 is 1.10 bits per heavy atom. The van der Waals surface area contributed by atoms with Crippen molar-refractivity contribution >= 4 is 11.8 Å². The average molecular weight is 277 g/mol. The third-order valence-electron chi connectivity index (χ3n) is 4.88. The zero-order chi connectivity index (χ0) is 14.6. The van der Waals surface area contributed by atoms with Crippen molar-refractivity contribution < 1.29 is 4.74 Å². The van der Waals surface area contributed by atoms with Crippen LogP contribution in [0.3, 0.4) is 0 Å². The van der Waals surface area contributed by atoms with Gasteiger partial charge in [0, 0.05) is 35.5 Å². The highest BCUT2D eigenvalue weighted by Gasteiger charge is 2.26. The van der Waals surface area contributed by atoms with Crippen LogP contribution < -0.4 is 9.64 Å². The van der Waals surface area contributed by atoms with Crippen molar-refractivity contribution in [1.29, 1.82) is 0 Å². The molecule has 2 heteroatoms. The van der Waals surface area contributed by atoms with Crippen LogP contribution in [0, 0.1) is 0 Å². The van der Waals surface area contributed by atoms with Crippen LogP contribution in [-0.2, 0) is 6.61 Å².